The topological polar surface area (TPSA) is 72.2 Å². The fraction of sp³-hybridized carbons (Fsp3) is 0.250. The molecule has 0 aromatic heterocycles. The molecule has 96 valence electrons. The predicted molar refractivity (Wildman–Crippen MR) is 69.9 cm³/mol. The molecule has 1 amide bonds. The Bertz CT molecular complexity index is 508. The largest absolute Gasteiger partial charge is 0.349 e. The van der Waals surface area contributed by atoms with Crippen LogP contribution in [0.15, 0.2) is 29.8 Å². The molecule has 0 saturated carbocycles. The number of nitrogens with one attached hydrogen (secondary N) is 1. The van der Waals surface area contributed by atoms with E-state index in [0.29, 0.717) is 6.54 Å². The molecule has 0 spiro atoms. The Labute approximate surface area is 110 Å². The number of carbonyl (C=O) groups is 1. The van der Waals surface area contributed by atoms with E-state index in [1.165, 1.54) is 18.2 Å². The second kappa shape index (κ2) is 6.16. The molecule has 0 aliphatic rings. The molecule has 1 aromatic carbocycles. The van der Waals surface area contributed by atoms with Crippen molar-refractivity contribution in [2.24, 2.45) is 0 Å². The smallest absolute Gasteiger partial charge is 0.270 e. The van der Waals surface area contributed by atoms with Gasteiger partial charge in [-0.25, -0.2) is 0 Å². The van der Waals surface area contributed by atoms with Gasteiger partial charge in [-0.05, 0) is 19.9 Å². The van der Waals surface area contributed by atoms with Crippen LogP contribution in [0.1, 0.15) is 24.2 Å². The maximum Gasteiger partial charge on any atom is 0.270 e. The number of rotatable bonds is 4. The van der Waals surface area contributed by atoms with Crippen molar-refractivity contribution in [1.82, 2.24) is 5.32 Å². The first-order chi connectivity index (χ1) is 8.41. The lowest BCUT2D eigenvalue weighted by atomic mass is 10.2. The van der Waals surface area contributed by atoms with E-state index in [9.17, 15) is 14.9 Å². The van der Waals surface area contributed by atoms with Crippen molar-refractivity contribution < 1.29 is 9.72 Å². The SMILES string of the molecule is CC(C)=CCNC(=O)c1cc([N+](=O)[O-])ccc1Cl. The van der Waals surface area contributed by atoms with Crippen molar-refractivity contribution >= 4 is 23.2 Å². The minimum Gasteiger partial charge on any atom is -0.349 e. The first-order valence-corrected chi connectivity index (χ1v) is 5.65. The van der Waals surface area contributed by atoms with Gasteiger partial charge in [-0.1, -0.05) is 23.3 Å². The molecule has 0 aliphatic heterocycles. The molecule has 0 radical (unpaired) electrons. The van der Waals surface area contributed by atoms with E-state index in [0.717, 1.165) is 5.57 Å². The first-order valence-electron chi connectivity index (χ1n) is 5.27. The summed E-state index contributed by atoms with van der Waals surface area (Å²) in [6.07, 6.45) is 1.84. The Balaban J connectivity index is 2.88. The molecule has 0 atom stereocenters. The lowest BCUT2D eigenvalue weighted by molar-refractivity contribution is -0.384. The van der Waals surface area contributed by atoms with E-state index in [2.05, 4.69) is 5.32 Å². The molecule has 0 aliphatic carbocycles. The van der Waals surface area contributed by atoms with Gasteiger partial charge in [0.2, 0.25) is 0 Å². The molecule has 0 heterocycles. The third-order valence-corrected chi connectivity index (χ3v) is 2.51. The number of hydrogen-bond acceptors (Lipinski definition) is 3. The number of carbonyl (C=O) groups excluding carboxylic acids is 1. The molecule has 0 fully saturated rings. The maximum atomic E-state index is 11.8. The predicted octanol–water partition coefficient (Wildman–Crippen LogP) is 2.94. The number of non-ortho nitro benzene ring substituents is 1. The summed E-state index contributed by atoms with van der Waals surface area (Å²) in [5.74, 6) is -0.429. The van der Waals surface area contributed by atoms with Crippen LogP contribution < -0.4 is 5.32 Å². The van der Waals surface area contributed by atoms with Crippen LogP contribution in [0, 0.1) is 10.1 Å². The van der Waals surface area contributed by atoms with Crippen LogP contribution in [0.5, 0.6) is 0 Å². The second-order valence-corrected chi connectivity index (χ2v) is 4.32. The number of nitro benzene ring substituents is 1. The average molecular weight is 269 g/mol. The van der Waals surface area contributed by atoms with Crippen LogP contribution in [0.3, 0.4) is 0 Å². The zero-order chi connectivity index (χ0) is 13.7. The molecule has 1 rings (SSSR count). The minimum absolute atomic E-state index is 0.105. The van der Waals surface area contributed by atoms with Crippen LogP contribution in [0.2, 0.25) is 5.02 Å². The second-order valence-electron chi connectivity index (χ2n) is 3.91. The van der Waals surface area contributed by atoms with E-state index >= 15 is 0 Å². The van der Waals surface area contributed by atoms with Gasteiger partial charge in [0.25, 0.3) is 11.6 Å². The summed E-state index contributed by atoms with van der Waals surface area (Å²) in [6.45, 7) is 4.18. The number of nitrogens with zero attached hydrogens (tertiary/aromatic N) is 1. The van der Waals surface area contributed by atoms with Crippen LogP contribution in [0.25, 0.3) is 0 Å². The number of nitro groups is 1. The van der Waals surface area contributed by atoms with Crippen molar-refractivity contribution in [1.29, 1.82) is 0 Å². The fourth-order valence-corrected chi connectivity index (χ4v) is 1.45. The fourth-order valence-electron chi connectivity index (χ4n) is 1.24. The van der Waals surface area contributed by atoms with Gasteiger partial charge in [-0.15, -0.1) is 0 Å². The van der Waals surface area contributed by atoms with E-state index in [-0.39, 0.29) is 16.3 Å². The van der Waals surface area contributed by atoms with Gasteiger partial charge in [0, 0.05) is 18.7 Å². The third kappa shape index (κ3) is 3.85. The summed E-state index contributed by atoms with van der Waals surface area (Å²) in [7, 11) is 0. The Kier molecular flexibility index (Phi) is 4.85. The molecule has 1 aromatic rings. The van der Waals surface area contributed by atoms with Crippen molar-refractivity contribution in [3.63, 3.8) is 0 Å². The molecular formula is C12H13ClN2O3. The van der Waals surface area contributed by atoms with Crippen molar-refractivity contribution in [3.8, 4) is 0 Å². The molecule has 0 bridgehead atoms. The Hall–Kier alpha value is -1.88. The Morgan fingerprint density at radius 1 is 1.50 bits per heavy atom. The number of hydrogen-bond donors (Lipinski definition) is 1. The molecule has 1 N–H and O–H groups in total. The summed E-state index contributed by atoms with van der Waals surface area (Å²) in [6, 6.07) is 3.77. The summed E-state index contributed by atoms with van der Waals surface area (Å²) in [5, 5.41) is 13.4. The lowest BCUT2D eigenvalue weighted by Crippen LogP contribution is -2.23. The highest BCUT2D eigenvalue weighted by atomic mass is 35.5. The van der Waals surface area contributed by atoms with Gasteiger partial charge < -0.3 is 5.32 Å². The molecular weight excluding hydrogens is 256 g/mol. The average Bonchev–Trinajstić information content (AvgIpc) is 2.28. The normalized spacial score (nSPS) is 9.72. The van der Waals surface area contributed by atoms with Gasteiger partial charge in [0.15, 0.2) is 0 Å². The zero-order valence-electron chi connectivity index (χ0n) is 10.1. The molecule has 6 heteroatoms. The summed E-state index contributed by atoms with van der Waals surface area (Å²) in [5.41, 5.74) is 1.01. The highest BCUT2D eigenvalue weighted by Gasteiger charge is 2.14. The molecule has 18 heavy (non-hydrogen) atoms. The van der Waals surface area contributed by atoms with Crippen LogP contribution in [0.4, 0.5) is 5.69 Å². The van der Waals surface area contributed by atoms with E-state index < -0.39 is 10.8 Å². The van der Waals surface area contributed by atoms with Crippen molar-refractivity contribution in [2.45, 2.75) is 13.8 Å². The quantitative estimate of drug-likeness (QED) is 0.518. The molecule has 0 saturated heterocycles. The van der Waals surface area contributed by atoms with Crippen molar-refractivity contribution in [3.05, 3.63) is 50.5 Å². The highest BCUT2D eigenvalue weighted by molar-refractivity contribution is 6.33. The molecule has 5 nitrogen and oxygen atoms in total. The van der Waals surface area contributed by atoms with Gasteiger partial charge in [-0.2, -0.15) is 0 Å². The number of halogens is 1. The number of allylic oxidation sites excluding steroid dienone is 1. The van der Waals surface area contributed by atoms with E-state index in [4.69, 9.17) is 11.6 Å². The monoisotopic (exact) mass is 268 g/mol. The van der Waals surface area contributed by atoms with Gasteiger partial charge >= 0.3 is 0 Å². The Morgan fingerprint density at radius 3 is 2.72 bits per heavy atom. The summed E-state index contributed by atoms with van der Waals surface area (Å²) >= 11 is 5.84. The molecule has 0 unspecified atom stereocenters. The highest BCUT2D eigenvalue weighted by Crippen LogP contribution is 2.21. The van der Waals surface area contributed by atoms with E-state index in [1.54, 1.807) is 0 Å². The van der Waals surface area contributed by atoms with Gasteiger partial charge in [0.05, 0.1) is 15.5 Å². The summed E-state index contributed by atoms with van der Waals surface area (Å²) < 4.78 is 0. The number of amides is 1. The standard InChI is InChI=1S/C12H13ClN2O3/c1-8(2)5-6-14-12(16)10-7-9(15(17)18)3-4-11(10)13/h3-5,7H,6H2,1-2H3,(H,14,16). The Morgan fingerprint density at radius 2 is 2.17 bits per heavy atom. The first kappa shape index (κ1) is 14.2. The third-order valence-electron chi connectivity index (χ3n) is 2.18. The van der Waals surface area contributed by atoms with Gasteiger partial charge in [-0.3, -0.25) is 14.9 Å². The van der Waals surface area contributed by atoms with Crippen LogP contribution in [-0.2, 0) is 0 Å². The maximum absolute atomic E-state index is 11.8. The van der Waals surface area contributed by atoms with Crippen LogP contribution >= 0.6 is 11.6 Å². The minimum atomic E-state index is -0.566. The lowest BCUT2D eigenvalue weighted by Gasteiger charge is -2.04. The van der Waals surface area contributed by atoms with Crippen molar-refractivity contribution in [2.75, 3.05) is 6.54 Å². The zero-order valence-corrected chi connectivity index (χ0v) is 10.8. The summed E-state index contributed by atoms with van der Waals surface area (Å²) in [4.78, 5) is 21.8. The van der Waals surface area contributed by atoms with Crippen LogP contribution in [-0.4, -0.2) is 17.4 Å². The van der Waals surface area contributed by atoms with E-state index in [1.807, 2.05) is 19.9 Å². The number of benzene rings is 1. The van der Waals surface area contributed by atoms with Gasteiger partial charge in [0.1, 0.15) is 0 Å².